The molecular weight excluding hydrogens is 258 g/mol. The molecule has 1 N–H and O–H groups in total. The Morgan fingerprint density at radius 1 is 1.53 bits per heavy atom. The molecule has 0 saturated carbocycles. The quantitative estimate of drug-likeness (QED) is 0.909. The monoisotopic (exact) mass is 267 g/mol. The fourth-order valence-electron chi connectivity index (χ4n) is 1.72. The Morgan fingerprint density at radius 3 is 2.93 bits per heavy atom. The van der Waals surface area contributed by atoms with E-state index in [0.717, 1.165) is 20.9 Å². The molecule has 0 aliphatic heterocycles. The highest BCUT2D eigenvalue weighted by Gasteiger charge is 2.07. The molecule has 2 aromatic rings. The molecular formula is C11H10BrNO2. The van der Waals surface area contributed by atoms with Gasteiger partial charge in [0.1, 0.15) is 0 Å². The zero-order chi connectivity index (χ0) is 11.0. The van der Waals surface area contributed by atoms with Crippen molar-refractivity contribution in [1.29, 1.82) is 0 Å². The number of nitrogens with zero attached hydrogens (tertiary/aromatic N) is 1. The average Bonchev–Trinajstić information content (AvgIpc) is 2.46. The lowest BCUT2D eigenvalue weighted by atomic mass is 10.1. The van der Waals surface area contributed by atoms with E-state index in [9.17, 15) is 4.79 Å². The number of hydrogen-bond donors (Lipinski definition) is 1. The summed E-state index contributed by atoms with van der Waals surface area (Å²) in [6.45, 7) is 0. The Balaban J connectivity index is 2.58. The van der Waals surface area contributed by atoms with Crippen LogP contribution in [-0.2, 0) is 18.3 Å². The summed E-state index contributed by atoms with van der Waals surface area (Å²) in [6.07, 6.45) is 2.02. The first-order chi connectivity index (χ1) is 7.08. The minimum atomic E-state index is -0.808. The minimum Gasteiger partial charge on any atom is -0.481 e. The summed E-state index contributed by atoms with van der Waals surface area (Å²) in [7, 11) is 1.96. The summed E-state index contributed by atoms with van der Waals surface area (Å²) in [5, 5.41) is 9.77. The van der Waals surface area contributed by atoms with Crippen molar-refractivity contribution in [3.8, 4) is 0 Å². The third-order valence-electron chi connectivity index (χ3n) is 2.34. The number of fused-ring (bicyclic) bond motifs is 1. The van der Waals surface area contributed by atoms with Gasteiger partial charge in [0.05, 0.1) is 11.9 Å². The van der Waals surface area contributed by atoms with Crippen LogP contribution < -0.4 is 0 Å². The second-order valence-corrected chi connectivity index (χ2v) is 4.37. The van der Waals surface area contributed by atoms with E-state index >= 15 is 0 Å². The molecule has 0 unspecified atom stereocenters. The van der Waals surface area contributed by atoms with E-state index in [1.807, 2.05) is 36.0 Å². The number of rotatable bonds is 2. The van der Waals surface area contributed by atoms with E-state index in [2.05, 4.69) is 15.9 Å². The van der Waals surface area contributed by atoms with Crippen LogP contribution in [0.2, 0.25) is 0 Å². The SMILES string of the molecule is Cn1ccc2cc(CC(=O)O)cc(Br)c21. The van der Waals surface area contributed by atoms with Crippen LogP contribution in [0.3, 0.4) is 0 Å². The molecule has 0 aliphatic carbocycles. The van der Waals surface area contributed by atoms with Crippen LogP contribution in [-0.4, -0.2) is 15.6 Å². The average molecular weight is 268 g/mol. The number of aromatic nitrogens is 1. The summed E-state index contributed by atoms with van der Waals surface area (Å²) in [6, 6.07) is 5.75. The predicted molar refractivity (Wildman–Crippen MR) is 62.0 cm³/mol. The van der Waals surface area contributed by atoms with Crippen LogP contribution in [0.15, 0.2) is 28.9 Å². The highest BCUT2D eigenvalue weighted by molar-refractivity contribution is 9.10. The number of carboxylic acids is 1. The predicted octanol–water partition coefficient (Wildman–Crippen LogP) is 2.57. The van der Waals surface area contributed by atoms with Crippen molar-refractivity contribution in [2.45, 2.75) is 6.42 Å². The van der Waals surface area contributed by atoms with E-state index in [0.29, 0.717) is 0 Å². The molecule has 0 radical (unpaired) electrons. The van der Waals surface area contributed by atoms with E-state index in [4.69, 9.17) is 5.11 Å². The highest BCUT2D eigenvalue weighted by Crippen LogP contribution is 2.26. The van der Waals surface area contributed by atoms with Gasteiger partial charge in [-0.05, 0) is 39.7 Å². The lowest BCUT2D eigenvalue weighted by Crippen LogP contribution is -2.00. The normalized spacial score (nSPS) is 10.8. The lowest BCUT2D eigenvalue weighted by molar-refractivity contribution is -0.136. The highest BCUT2D eigenvalue weighted by atomic mass is 79.9. The smallest absolute Gasteiger partial charge is 0.307 e. The Kier molecular flexibility index (Phi) is 2.52. The van der Waals surface area contributed by atoms with Crippen molar-refractivity contribution < 1.29 is 9.90 Å². The summed E-state index contributed by atoms with van der Waals surface area (Å²) in [4.78, 5) is 10.6. The molecule has 1 heterocycles. The molecule has 3 nitrogen and oxygen atoms in total. The first kappa shape index (κ1) is 10.2. The van der Waals surface area contributed by atoms with E-state index < -0.39 is 5.97 Å². The third-order valence-corrected chi connectivity index (χ3v) is 2.94. The van der Waals surface area contributed by atoms with Gasteiger partial charge in [-0.25, -0.2) is 0 Å². The van der Waals surface area contributed by atoms with Crippen molar-refractivity contribution in [2.75, 3.05) is 0 Å². The minimum absolute atomic E-state index is 0.0590. The molecule has 0 bridgehead atoms. The van der Waals surface area contributed by atoms with Crippen LogP contribution >= 0.6 is 15.9 Å². The molecule has 0 amide bonds. The molecule has 4 heteroatoms. The van der Waals surface area contributed by atoms with Gasteiger partial charge in [0.2, 0.25) is 0 Å². The van der Waals surface area contributed by atoms with Gasteiger partial charge in [0.25, 0.3) is 0 Å². The molecule has 0 atom stereocenters. The third kappa shape index (κ3) is 1.90. The fourth-order valence-corrected chi connectivity index (χ4v) is 2.52. The molecule has 0 fully saturated rings. The first-order valence-corrected chi connectivity index (χ1v) is 5.32. The van der Waals surface area contributed by atoms with Gasteiger partial charge in [0.15, 0.2) is 0 Å². The molecule has 1 aromatic heterocycles. The van der Waals surface area contributed by atoms with Gasteiger partial charge in [-0.3, -0.25) is 4.79 Å². The van der Waals surface area contributed by atoms with Crippen LogP contribution in [0.4, 0.5) is 0 Å². The van der Waals surface area contributed by atoms with Crippen LogP contribution in [0.25, 0.3) is 10.9 Å². The van der Waals surface area contributed by atoms with E-state index in [1.54, 1.807) is 0 Å². The fraction of sp³-hybridized carbons (Fsp3) is 0.182. The number of aliphatic carboxylic acids is 1. The van der Waals surface area contributed by atoms with Crippen molar-refractivity contribution in [3.63, 3.8) is 0 Å². The largest absolute Gasteiger partial charge is 0.481 e. The van der Waals surface area contributed by atoms with Gasteiger partial charge in [0, 0.05) is 23.1 Å². The summed E-state index contributed by atoms with van der Waals surface area (Å²) < 4.78 is 2.94. The van der Waals surface area contributed by atoms with E-state index in [-0.39, 0.29) is 6.42 Å². The van der Waals surface area contributed by atoms with Gasteiger partial charge >= 0.3 is 5.97 Å². The Labute approximate surface area is 95.5 Å². The number of halogens is 1. The molecule has 0 aliphatic rings. The summed E-state index contributed by atoms with van der Waals surface area (Å²) in [5.41, 5.74) is 1.90. The standard InChI is InChI=1S/C11H10BrNO2/c1-13-3-2-8-4-7(6-10(14)15)5-9(12)11(8)13/h2-5H,6H2,1H3,(H,14,15). The zero-order valence-corrected chi connectivity index (χ0v) is 9.78. The van der Waals surface area contributed by atoms with E-state index in [1.165, 1.54) is 0 Å². The summed E-state index contributed by atoms with van der Waals surface area (Å²) in [5.74, 6) is -0.808. The second kappa shape index (κ2) is 3.70. The van der Waals surface area contributed by atoms with Gasteiger partial charge in [-0.1, -0.05) is 0 Å². The first-order valence-electron chi connectivity index (χ1n) is 4.53. The molecule has 78 valence electrons. The molecule has 0 spiro atoms. The van der Waals surface area contributed by atoms with Crippen molar-refractivity contribution >= 4 is 32.8 Å². The zero-order valence-electron chi connectivity index (χ0n) is 8.20. The number of carboxylic acid groups (broad SMARTS) is 1. The Morgan fingerprint density at radius 2 is 2.27 bits per heavy atom. The molecule has 15 heavy (non-hydrogen) atoms. The van der Waals surface area contributed by atoms with Crippen LogP contribution in [0, 0.1) is 0 Å². The maximum atomic E-state index is 10.6. The van der Waals surface area contributed by atoms with Crippen molar-refractivity contribution in [1.82, 2.24) is 4.57 Å². The topological polar surface area (TPSA) is 42.2 Å². The van der Waals surface area contributed by atoms with Crippen molar-refractivity contribution in [3.05, 3.63) is 34.4 Å². The molecule has 1 aromatic carbocycles. The van der Waals surface area contributed by atoms with Gasteiger partial charge in [-0.2, -0.15) is 0 Å². The Hall–Kier alpha value is -1.29. The number of hydrogen-bond acceptors (Lipinski definition) is 1. The maximum Gasteiger partial charge on any atom is 0.307 e. The van der Waals surface area contributed by atoms with Gasteiger partial charge < -0.3 is 9.67 Å². The Bertz CT molecular complexity index is 531. The number of carbonyl (C=O) groups is 1. The van der Waals surface area contributed by atoms with Crippen LogP contribution in [0.1, 0.15) is 5.56 Å². The van der Waals surface area contributed by atoms with Crippen LogP contribution in [0.5, 0.6) is 0 Å². The number of aryl methyl sites for hydroxylation is 1. The number of benzene rings is 1. The molecule has 0 saturated heterocycles. The molecule has 2 rings (SSSR count). The maximum absolute atomic E-state index is 10.6. The lowest BCUT2D eigenvalue weighted by Gasteiger charge is -2.03. The second-order valence-electron chi connectivity index (χ2n) is 3.51. The van der Waals surface area contributed by atoms with Gasteiger partial charge in [-0.15, -0.1) is 0 Å². The van der Waals surface area contributed by atoms with Crippen molar-refractivity contribution in [2.24, 2.45) is 7.05 Å². The summed E-state index contributed by atoms with van der Waals surface area (Å²) >= 11 is 3.45.